The van der Waals surface area contributed by atoms with Gasteiger partial charge in [0.25, 0.3) is 0 Å². The summed E-state index contributed by atoms with van der Waals surface area (Å²) in [6, 6.07) is 11.5. The van der Waals surface area contributed by atoms with Crippen LogP contribution < -0.4 is 10.1 Å². The summed E-state index contributed by atoms with van der Waals surface area (Å²) in [5.74, 6) is 1.71. The molecule has 0 bridgehead atoms. The molecule has 3 aromatic rings. The zero-order valence-corrected chi connectivity index (χ0v) is 15.4. The van der Waals surface area contributed by atoms with Gasteiger partial charge in [-0.1, -0.05) is 18.2 Å². The molecule has 2 aromatic heterocycles. The summed E-state index contributed by atoms with van der Waals surface area (Å²) in [6.45, 7) is 0. The maximum absolute atomic E-state index is 13.2. The van der Waals surface area contributed by atoms with Crippen molar-refractivity contribution < 1.29 is 9.53 Å². The zero-order chi connectivity index (χ0) is 19.1. The highest BCUT2D eigenvalue weighted by Gasteiger charge is 2.39. The predicted octanol–water partition coefficient (Wildman–Crippen LogP) is 3.10. The fourth-order valence-electron chi connectivity index (χ4n) is 4.11. The van der Waals surface area contributed by atoms with Gasteiger partial charge < -0.3 is 10.1 Å². The molecule has 0 fully saturated rings. The van der Waals surface area contributed by atoms with E-state index < -0.39 is 0 Å². The quantitative estimate of drug-likeness (QED) is 0.760. The van der Waals surface area contributed by atoms with E-state index in [2.05, 4.69) is 20.4 Å². The van der Waals surface area contributed by atoms with Crippen LogP contribution in [0.1, 0.15) is 35.9 Å². The van der Waals surface area contributed by atoms with Gasteiger partial charge in [-0.15, -0.1) is 0 Å². The van der Waals surface area contributed by atoms with Crippen LogP contribution in [0.4, 0.5) is 5.95 Å². The van der Waals surface area contributed by atoms with Crippen LogP contribution in [0, 0.1) is 0 Å². The molecule has 7 heteroatoms. The van der Waals surface area contributed by atoms with E-state index in [0.29, 0.717) is 12.4 Å². The summed E-state index contributed by atoms with van der Waals surface area (Å²) >= 11 is 0. The number of ketones is 1. The van der Waals surface area contributed by atoms with Crippen LogP contribution in [0.5, 0.6) is 5.75 Å². The van der Waals surface area contributed by atoms with Crippen molar-refractivity contribution in [3.05, 3.63) is 77.5 Å². The van der Waals surface area contributed by atoms with Crippen LogP contribution >= 0.6 is 0 Å². The summed E-state index contributed by atoms with van der Waals surface area (Å²) < 4.78 is 7.01. The van der Waals surface area contributed by atoms with E-state index in [-0.39, 0.29) is 17.7 Å². The minimum atomic E-state index is -0.299. The topological polar surface area (TPSA) is 81.9 Å². The number of rotatable bonds is 3. The van der Waals surface area contributed by atoms with Gasteiger partial charge in [0, 0.05) is 30.1 Å². The Labute approximate surface area is 162 Å². The standard InChI is InChI=1S/C21H19N5O2/c1-28-16-6-4-13(5-7-16)15-9-17-19(18(27)10-15)20(14-3-2-8-22-11-14)26-21(25-17)23-12-24-26/h2-8,11-12,15,20H,9-10H2,1H3,(H,23,24,25)/t15-,20-/m0/s1. The van der Waals surface area contributed by atoms with E-state index in [4.69, 9.17) is 4.74 Å². The van der Waals surface area contributed by atoms with E-state index >= 15 is 0 Å². The molecule has 5 rings (SSSR count). The molecule has 2 aliphatic rings. The van der Waals surface area contributed by atoms with Crippen LogP contribution in [-0.4, -0.2) is 32.6 Å². The Morgan fingerprint density at radius 2 is 2.00 bits per heavy atom. The molecule has 1 aromatic carbocycles. The van der Waals surface area contributed by atoms with Crippen molar-refractivity contribution in [2.45, 2.75) is 24.8 Å². The van der Waals surface area contributed by atoms with Crippen LogP contribution in [0.2, 0.25) is 0 Å². The first-order valence-corrected chi connectivity index (χ1v) is 9.21. The number of hydrogen-bond donors (Lipinski definition) is 1. The highest BCUT2D eigenvalue weighted by Crippen LogP contribution is 2.43. The number of allylic oxidation sites excluding steroid dienone is 2. The zero-order valence-electron chi connectivity index (χ0n) is 15.4. The molecule has 3 heterocycles. The molecular formula is C21H19N5O2. The number of fused-ring (bicyclic) bond motifs is 1. The molecule has 0 radical (unpaired) electrons. The van der Waals surface area contributed by atoms with Crippen molar-refractivity contribution in [1.82, 2.24) is 19.7 Å². The molecule has 7 nitrogen and oxygen atoms in total. The number of nitrogens with one attached hydrogen (secondary N) is 1. The normalized spacial score (nSPS) is 21.0. The van der Waals surface area contributed by atoms with E-state index in [9.17, 15) is 4.79 Å². The van der Waals surface area contributed by atoms with Gasteiger partial charge in [0.15, 0.2) is 5.78 Å². The third-order valence-corrected chi connectivity index (χ3v) is 5.45. The monoisotopic (exact) mass is 373 g/mol. The molecule has 1 aliphatic heterocycles. The van der Waals surface area contributed by atoms with Gasteiger partial charge in [0.05, 0.1) is 7.11 Å². The molecule has 1 aliphatic carbocycles. The van der Waals surface area contributed by atoms with Crippen LogP contribution in [0.3, 0.4) is 0 Å². The lowest BCUT2D eigenvalue weighted by Crippen LogP contribution is -2.33. The Balaban J connectivity index is 1.55. The van der Waals surface area contributed by atoms with Gasteiger partial charge >= 0.3 is 0 Å². The molecule has 2 atom stereocenters. The molecular weight excluding hydrogens is 354 g/mol. The predicted molar refractivity (Wildman–Crippen MR) is 103 cm³/mol. The first kappa shape index (κ1) is 16.7. The SMILES string of the molecule is COc1ccc([C@@H]2CC(=O)C3=C(C2)Nc2ncnn2[C@H]3c2cccnc2)cc1. The third-order valence-electron chi connectivity index (χ3n) is 5.45. The van der Waals surface area contributed by atoms with Gasteiger partial charge in [0.2, 0.25) is 5.95 Å². The first-order chi connectivity index (χ1) is 13.7. The third kappa shape index (κ3) is 2.67. The molecule has 0 unspecified atom stereocenters. The number of methoxy groups -OCH3 is 1. The Morgan fingerprint density at radius 1 is 1.14 bits per heavy atom. The van der Waals surface area contributed by atoms with Gasteiger partial charge in [-0.05, 0) is 41.7 Å². The second kappa shape index (κ2) is 6.60. The second-order valence-corrected chi connectivity index (χ2v) is 7.04. The lowest BCUT2D eigenvalue weighted by Gasteiger charge is -2.35. The fourth-order valence-corrected chi connectivity index (χ4v) is 4.11. The maximum atomic E-state index is 13.2. The highest BCUT2D eigenvalue weighted by molar-refractivity contribution is 6.00. The van der Waals surface area contributed by atoms with Crippen molar-refractivity contribution in [3.8, 4) is 5.75 Å². The van der Waals surface area contributed by atoms with E-state index in [1.165, 1.54) is 6.33 Å². The summed E-state index contributed by atoms with van der Waals surface area (Å²) in [5, 5.41) is 7.69. The smallest absolute Gasteiger partial charge is 0.226 e. The van der Waals surface area contributed by atoms with Crippen molar-refractivity contribution >= 4 is 11.7 Å². The Hall–Kier alpha value is -3.48. The van der Waals surface area contributed by atoms with Crippen molar-refractivity contribution in [3.63, 3.8) is 0 Å². The number of aromatic nitrogens is 4. The number of hydrogen-bond acceptors (Lipinski definition) is 6. The molecule has 28 heavy (non-hydrogen) atoms. The number of pyridine rings is 1. The van der Waals surface area contributed by atoms with Crippen LogP contribution in [0.15, 0.2) is 66.4 Å². The van der Waals surface area contributed by atoms with Gasteiger partial charge in [-0.25, -0.2) is 4.68 Å². The van der Waals surface area contributed by atoms with Crippen molar-refractivity contribution in [1.29, 1.82) is 0 Å². The highest BCUT2D eigenvalue weighted by atomic mass is 16.5. The lowest BCUT2D eigenvalue weighted by atomic mass is 9.78. The minimum absolute atomic E-state index is 0.119. The van der Waals surface area contributed by atoms with Crippen molar-refractivity contribution in [2.75, 3.05) is 12.4 Å². The average Bonchev–Trinajstić information content (AvgIpc) is 3.21. The molecule has 0 spiro atoms. The van der Waals surface area contributed by atoms with E-state index in [1.54, 1.807) is 24.2 Å². The fraction of sp³-hybridized carbons (Fsp3) is 0.238. The molecule has 0 saturated carbocycles. The molecule has 0 amide bonds. The number of carbonyl (C=O) groups is 1. The molecule has 140 valence electrons. The number of benzene rings is 1. The van der Waals surface area contributed by atoms with Gasteiger partial charge in [0.1, 0.15) is 18.1 Å². The van der Waals surface area contributed by atoms with Crippen LogP contribution in [-0.2, 0) is 4.79 Å². The number of ether oxygens (including phenoxy) is 1. The number of anilines is 1. The Bertz CT molecular complexity index is 1060. The van der Waals surface area contributed by atoms with Crippen molar-refractivity contribution in [2.24, 2.45) is 0 Å². The second-order valence-electron chi connectivity index (χ2n) is 7.04. The maximum Gasteiger partial charge on any atom is 0.226 e. The summed E-state index contributed by atoms with van der Waals surface area (Å²) in [5.41, 5.74) is 3.74. The minimum Gasteiger partial charge on any atom is -0.497 e. The molecule has 0 saturated heterocycles. The number of carbonyl (C=O) groups excluding carboxylic acids is 1. The van der Waals surface area contributed by atoms with Gasteiger partial charge in [-0.2, -0.15) is 10.1 Å². The molecule has 1 N–H and O–H groups in total. The summed E-state index contributed by atoms with van der Waals surface area (Å²) in [6.07, 6.45) is 6.24. The van der Waals surface area contributed by atoms with E-state index in [1.807, 2.05) is 36.4 Å². The van der Waals surface area contributed by atoms with Crippen LogP contribution in [0.25, 0.3) is 0 Å². The van der Waals surface area contributed by atoms with E-state index in [0.717, 1.165) is 34.6 Å². The number of Topliss-reactive ketones (excluding diaryl/α,β-unsaturated/α-hetero) is 1. The largest absolute Gasteiger partial charge is 0.497 e. The Morgan fingerprint density at radius 3 is 2.75 bits per heavy atom. The lowest BCUT2D eigenvalue weighted by molar-refractivity contribution is -0.116. The summed E-state index contributed by atoms with van der Waals surface area (Å²) in [4.78, 5) is 21.8. The van der Waals surface area contributed by atoms with Gasteiger partial charge in [-0.3, -0.25) is 9.78 Å². The average molecular weight is 373 g/mol. The first-order valence-electron chi connectivity index (χ1n) is 9.21. The Kier molecular flexibility index (Phi) is 3.93. The number of nitrogens with zero attached hydrogens (tertiary/aromatic N) is 4. The summed E-state index contributed by atoms with van der Waals surface area (Å²) in [7, 11) is 1.65.